The molecule has 0 saturated carbocycles. The van der Waals surface area contributed by atoms with Crippen molar-refractivity contribution < 1.29 is 14.4 Å². The number of anilines is 2. The first-order valence-electron chi connectivity index (χ1n) is 6.98. The van der Waals surface area contributed by atoms with E-state index in [1.165, 1.54) is 24.0 Å². The molecular weight excluding hydrogens is 316 g/mol. The van der Waals surface area contributed by atoms with Crippen LogP contribution in [-0.4, -0.2) is 31.6 Å². The van der Waals surface area contributed by atoms with Crippen molar-refractivity contribution in [2.75, 3.05) is 23.9 Å². The van der Waals surface area contributed by atoms with Gasteiger partial charge >= 0.3 is 0 Å². The minimum atomic E-state index is -0.384. The van der Waals surface area contributed by atoms with E-state index in [4.69, 9.17) is 11.6 Å². The zero-order valence-electron chi connectivity index (χ0n) is 13.4. The van der Waals surface area contributed by atoms with Crippen LogP contribution in [0.3, 0.4) is 0 Å². The molecule has 0 aromatic heterocycles. The van der Waals surface area contributed by atoms with E-state index < -0.39 is 0 Å². The van der Waals surface area contributed by atoms with E-state index in [0.717, 1.165) is 5.69 Å². The lowest BCUT2D eigenvalue weighted by molar-refractivity contribution is -0.118. The minimum Gasteiger partial charge on any atom is -0.376 e. The van der Waals surface area contributed by atoms with E-state index in [9.17, 15) is 14.4 Å². The molecule has 0 unspecified atom stereocenters. The van der Waals surface area contributed by atoms with Crippen LogP contribution in [0.4, 0.5) is 11.4 Å². The molecule has 0 fully saturated rings. The second-order valence-electron chi connectivity index (χ2n) is 5.47. The average molecular weight is 333 g/mol. The van der Waals surface area contributed by atoms with Gasteiger partial charge in [-0.15, -0.1) is 0 Å². The van der Waals surface area contributed by atoms with E-state index >= 15 is 0 Å². The van der Waals surface area contributed by atoms with Gasteiger partial charge in [0.15, 0.2) is 5.78 Å². The van der Waals surface area contributed by atoms with Crippen LogP contribution >= 0.6 is 11.6 Å². The summed E-state index contributed by atoms with van der Waals surface area (Å²) in [6.07, 6.45) is 2.43. The summed E-state index contributed by atoms with van der Waals surface area (Å²) in [5, 5.41) is 0.445. The van der Waals surface area contributed by atoms with Crippen molar-refractivity contribution in [3.8, 4) is 0 Å². The van der Waals surface area contributed by atoms with Crippen LogP contribution in [0.25, 0.3) is 0 Å². The maximum absolute atomic E-state index is 12.2. The van der Waals surface area contributed by atoms with Crippen LogP contribution in [0.5, 0.6) is 0 Å². The van der Waals surface area contributed by atoms with Gasteiger partial charge in [-0.25, -0.2) is 0 Å². The minimum absolute atomic E-state index is 0.0294. The van der Waals surface area contributed by atoms with Gasteiger partial charge in [-0.3, -0.25) is 19.3 Å². The normalized spacial score (nSPS) is 14.3. The number of rotatable bonds is 3. The standard InChI is InChI=1S/C17H17ClN2O3/c1-10-7-17(23)15(9-16(10)22)20(11(2)21)12-5-6-14(19(3)4)13(18)8-12/h5-9H,1-4H3. The highest BCUT2D eigenvalue weighted by molar-refractivity contribution is 6.33. The monoisotopic (exact) mass is 332 g/mol. The Kier molecular flexibility index (Phi) is 4.71. The summed E-state index contributed by atoms with van der Waals surface area (Å²) in [7, 11) is 3.70. The molecule has 2 rings (SSSR count). The number of amides is 1. The van der Waals surface area contributed by atoms with Crippen LogP contribution in [0.15, 0.2) is 41.6 Å². The Bertz CT molecular complexity index is 763. The SMILES string of the molecule is CC(=O)N(C1=CC(=O)C(C)=CC1=O)c1ccc(N(C)C)c(Cl)c1. The lowest BCUT2D eigenvalue weighted by atomic mass is 10.0. The molecule has 1 amide bonds. The second-order valence-corrected chi connectivity index (χ2v) is 5.88. The maximum Gasteiger partial charge on any atom is 0.228 e. The summed E-state index contributed by atoms with van der Waals surface area (Å²) in [6, 6.07) is 5.04. The molecule has 1 aliphatic rings. The Morgan fingerprint density at radius 1 is 1.09 bits per heavy atom. The third-order valence-corrected chi connectivity index (χ3v) is 3.79. The molecule has 0 N–H and O–H groups in total. The number of allylic oxidation sites excluding steroid dienone is 3. The van der Waals surface area contributed by atoms with Crippen molar-refractivity contribution in [1.82, 2.24) is 0 Å². The van der Waals surface area contributed by atoms with Crippen LogP contribution in [0.1, 0.15) is 13.8 Å². The largest absolute Gasteiger partial charge is 0.376 e. The fourth-order valence-corrected chi connectivity index (χ4v) is 2.66. The molecule has 6 heteroatoms. The number of nitrogens with zero attached hydrogens (tertiary/aromatic N) is 2. The first-order chi connectivity index (χ1) is 10.7. The number of carbonyl (C=O) groups excluding carboxylic acids is 3. The van der Waals surface area contributed by atoms with Gasteiger partial charge < -0.3 is 4.90 Å². The van der Waals surface area contributed by atoms with E-state index in [1.54, 1.807) is 25.1 Å². The van der Waals surface area contributed by atoms with Gasteiger partial charge in [0.25, 0.3) is 0 Å². The topological polar surface area (TPSA) is 57.7 Å². The second kappa shape index (κ2) is 6.38. The molecule has 1 aromatic rings. The Morgan fingerprint density at radius 3 is 2.26 bits per heavy atom. The smallest absolute Gasteiger partial charge is 0.228 e. The molecule has 1 aliphatic carbocycles. The summed E-state index contributed by atoms with van der Waals surface area (Å²) in [6.45, 7) is 2.89. The van der Waals surface area contributed by atoms with Crippen molar-refractivity contribution in [1.29, 1.82) is 0 Å². The number of carbonyl (C=O) groups is 3. The molecule has 120 valence electrons. The van der Waals surface area contributed by atoms with Gasteiger partial charge in [-0.1, -0.05) is 11.6 Å². The average Bonchev–Trinajstić information content (AvgIpc) is 2.44. The molecule has 0 atom stereocenters. The van der Waals surface area contributed by atoms with E-state index in [1.807, 2.05) is 19.0 Å². The van der Waals surface area contributed by atoms with Gasteiger partial charge in [0.05, 0.1) is 16.4 Å². The third-order valence-electron chi connectivity index (χ3n) is 3.48. The first kappa shape index (κ1) is 17.0. The molecule has 0 radical (unpaired) electrons. The van der Waals surface area contributed by atoms with Crippen LogP contribution in [0, 0.1) is 0 Å². The fraction of sp³-hybridized carbons (Fsp3) is 0.235. The predicted octanol–water partition coefficient (Wildman–Crippen LogP) is 2.74. The zero-order valence-corrected chi connectivity index (χ0v) is 14.1. The number of ketones is 2. The number of hydrogen-bond acceptors (Lipinski definition) is 4. The quantitative estimate of drug-likeness (QED) is 0.799. The van der Waals surface area contributed by atoms with E-state index in [0.29, 0.717) is 16.3 Å². The molecular formula is C17H17ClN2O3. The van der Waals surface area contributed by atoms with Gasteiger partial charge in [0, 0.05) is 32.7 Å². The molecule has 0 heterocycles. The first-order valence-corrected chi connectivity index (χ1v) is 7.36. The lowest BCUT2D eigenvalue weighted by Gasteiger charge is -2.25. The summed E-state index contributed by atoms with van der Waals surface area (Å²) >= 11 is 6.24. The highest BCUT2D eigenvalue weighted by Crippen LogP contribution is 2.31. The molecule has 0 bridgehead atoms. The van der Waals surface area contributed by atoms with Crippen LogP contribution in [0.2, 0.25) is 5.02 Å². The van der Waals surface area contributed by atoms with E-state index in [2.05, 4.69) is 0 Å². The Morgan fingerprint density at radius 2 is 1.74 bits per heavy atom. The third kappa shape index (κ3) is 3.35. The highest BCUT2D eigenvalue weighted by atomic mass is 35.5. The van der Waals surface area contributed by atoms with Gasteiger partial charge in [-0.2, -0.15) is 0 Å². The van der Waals surface area contributed by atoms with Crippen LogP contribution in [-0.2, 0) is 14.4 Å². The van der Waals surface area contributed by atoms with Crippen molar-refractivity contribution in [3.05, 3.63) is 46.6 Å². The Labute approximate surface area is 139 Å². The number of benzene rings is 1. The predicted molar refractivity (Wildman–Crippen MR) is 90.8 cm³/mol. The zero-order chi connectivity index (χ0) is 17.3. The summed E-state index contributed by atoms with van der Waals surface area (Å²) in [5.74, 6) is -1.05. The van der Waals surface area contributed by atoms with Gasteiger partial charge in [0.1, 0.15) is 5.70 Å². The molecule has 0 saturated heterocycles. The van der Waals surface area contributed by atoms with E-state index in [-0.39, 0.29) is 23.2 Å². The van der Waals surface area contributed by atoms with Gasteiger partial charge in [-0.05, 0) is 31.2 Å². The molecule has 1 aromatic carbocycles. The Hall–Kier alpha value is -2.40. The highest BCUT2D eigenvalue weighted by Gasteiger charge is 2.26. The van der Waals surface area contributed by atoms with Crippen molar-refractivity contribution in [2.24, 2.45) is 0 Å². The molecule has 23 heavy (non-hydrogen) atoms. The lowest BCUT2D eigenvalue weighted by Crippen LogP contribution is -2.33. The van der Waals surface area contributed by atoms with Crippen molar-refractivity contribution in [2.45, 2.75) is 13.8 Å². The molecule has 0 spiro atoms. The van der Waals surface area contributed by atoms with Gasteiger partial charge in [0.2, 0.25) is 11.7 Å². The summed E-state index contributed by atoms with van der Waals surface area (Å²) in [4.78, 5) is 39.1. The fourth-order valence-electron chi connectivity index (χ4n) is 2.31. The summed E-state index contributed by atoms with van der Waals surface area (Å²) in [5.41, 5.74) is 1.60. The molecule has 5 nitrogen and oxygen atoms in total. The van der Waals surface area contributed by atoms with Crippen LogP contribution < -0.4 is 9.80 Å². The number of halogens is 1. The molecule has 0 aliphatic heterocycles. The number of hydrogen-bond donors (Lipinski definition) is 0. The summed E-state index contributed by atoms with van der Waals surface area (Å²) < 4.78 is 0. The van der Waals surface area contributed by atoms with Crippen molar-refractivity contribution >= 4 is 40.4 Å². The maximum atomic E-state index is 12.2. The van der Waals surface area contributed by atoms with Crippen molar-refractivity contribution in [3.63, 3.8) is 0 Å². The Balaban J connectivity index is 2.51.